The number of carbonyl (C=O) groups excluding carboxylic acids is 2. The van der Waals surface area contributed by atoms with E-state index in [1.54, 1.807) is 19.1 Å². The van der Waals surface area contributed by atoms with Crippen LogP contribution in [0.2, 0.25) is 0 Å². The zero-order chi connectivity index (χ0) is 16.8. The lowest BCUT2D eigenvalue weighted by molar-refractivity contribution is -0.150. The van der Waals surface area contributed by atoms with E-state index >= 15 is 0 Å². The average Bonchev–Trinajstić information content (AvgIpc) is 2.93. The number of ether oxygens (including phenoxy) is 1. The van der Waals surface area contributed by atoms with Crippen molar-refractivity contribution < 1.29 is 18.7 Å². The summed E-state index contributed by atoms with van der Waals surface area (Å²) in [6, 6.07) is 3.62. The smallest absolute Gasteiger partial charge is 0.331 e. The molecule has 1 amide bonds. The number of rotatable bonds is 5. The summed E-state index contributed by atoms with van der Waals surface area (Å²) >= 11 is 3.18. The third-order valence-corrected chi connectivity index (χ3v) is 4.51. The molecule has 1 aromatic heterocycles. The molecule has 23 heavy (non-hydrogen) atoms. The summed E-state index contributed by atoms with van der Waals surface area (Å²) in [5, 5.41) is 2.99. The molecule has 2 rings (SSSR count). The molecular weight excluding hydrogens is 362 g/mol. The van der Waals surface area contributed by atoms with E-state index in [0.29, 0.717) is 16.3 Å². The Kier molecular flexibility index (Phi) is 6.45. The fourth-order valence-electron chi connectivity index (χ4n) is 2.67. The highest BCUT2D eigenvalue weighted by atomic mass is 79.9. The number of nitrogens with one attached hydrogen (secondary N) is 1. The number of hydrogen-bond donors (Lipinski definition) is 1. The first kappa shape index (κ1) is 17.8. The molecule has 0 aromatic carbocycles. The molecule has 1 saturated carbocycles. The van der Waals surface area contributed by atoms with Gasteiger partial charge in [0.1, 0.15) is 5.76 Å². The largest absolute Gasteiger partial charge is 0.450 e. The van der Waals surface area contributed by atoms with Crippen LogP contribution in [0.25, 0.3) is 6.08 Å². The minimum Gasteiger partial charge on any atom is -0.450 e. The second-order valence-electron chi connectivity index (χ2n) is 5.93. The molecular formula is C17H22BrNO4. The molecule has 0 aliphatic heterocycles. The topological polar surface area (TPSA) is 68.5 Å². The van der Waals surface area contributed by atoms with Gasteiger partial charge < -0.3 is 14.5 Å². The Bertz CT molecular complexity index is 581. The zero-order valence-electron chi connectivity index (χ0n) is 13.4. The van der Waals surface area contributed by atoms with E-state index in [1.165, 1.54) is 18.6 Å². The van der Waals surface area contributed by atoms with Gasteiger partial charge in [-0.1, -0.05) is 19.8 Å². The van der Waals surface area contributed by atoms with Gasteiger partial charge in [-0.2, -0.15) is 0 Å². The molecule has 1 aromatic rings. The Hall–Kier alpha value is -1.56. The van der Waals surface area contributed by atoms with Crippen LogP contribution in [0.5, 0.6) is 0 Å². The first-order valence-electron chi connectivity index (χ1n) is 7.90. The van der Waals surface area contributed by atoms with Gasteiger partial charge in [-0.05, 0) is 59.8 Å². The lowest BCUT2D eigenvalue weighted by Crippen LogP contribution is -2.45. The first-order chi connectivity index (χ1) is 11.0. The van der Waals surface area contributed by atoms with Crippen molar-refractivity contribution in [2.45, 2.75) is 51.7 Å². The van der Waals surface area contributed by atoms with Crippen molar-refractivity contribution in [3.63, 3.8) is 0 Å². The molecule has 1 heterocycles. The van der Waals surface area contributed by atoms with Gasteiger partial charge in [-0.25, -0.2) is 4.79 Å². The maximum Gasteiger partial charge on any atom is 0.331 e. The summed E-state index contributed by atoms with van der Waals surface area (Å²) in [7, 11) is 0. The van der Waals surface area contributed by atoms with E-state index in [2.05, 4.69) is 28.2 Å². The molecule has 1 aliphatic carbocycles. The van der Waals surface area contributed by atoms with Crippen LogP contribution < -0.4 is 5.32 Å². The van der Waals surface area contributed by atoms with E-state index in [9.17, 15) is 9.59 Å². The van der Waals surface area contributed by atoms with Crippen molar-refractivity contribution in [1.82, 2.24) is 5.32 Å². The lowest BCUT2D eigenvalue weighted by atomic mass is 9.86. The Morgan fingerprint density at radius 2 is 2.13 bits per heavy atom. The second kappa shape index (κ2) is 8.34. The Morgan fingerprint density at radius 1 is 1.39 bits per heavy atom. The zero-order valence-corrected chi connectivity index (χ0v) is 15.0. The van der Waals surface area contributed by atoms with Gasteiger partial charge in [0.25, 0.3) is 5.91 Å². The number of hydrogen-bond acceptors (Lipinski definition) is 4. The molecule has 1 fully saturated rings. The standard InChI is InChI=1S/C17H22BrNO4/c1-11-5-3-4-6-14(11)19-17(21)12(2)22-16(20)10-8-13-7-9-15(18)23-13/h7-12,14H,3-6H2,1-2H3,(H,19,21)/b10-8+/t11-,12+,14-/m0/s1. The van der Waals surface area contributed by atoms with Gasteiger partial charge in [-0.15, -0.1) is 0 Å². The van der Waals surface area contributed by atoms with Gasteiger partial charge in [0.15, 0.2) is 10.8 Å². The van der Waals surface area contributed by atoms with Gasteiger partial charge in [0.05, 0.1) is 0 Å². The normalized spacial score (nSPS) is 22.7. The maximum absolute atomic E-state index is 12.1. The molecule has 0 bridgehead atoms. The van der Waals surface area contributed by atoms with Gasteiger partial charge in [-0.3, -0.25) is 4.79 Å². The highest BCUT2D eigenvalue weighted by Crippen LogP contribution is 2.23. The molecule has 0 radical (unpaired) electrons. The van der Waals surface area contributed by atoms with Crippen LogP contribution in [0.4, 0.5) is 0 Å². The maximum atomic E-state index is 12.1. The summed E-state index contributed by atoms with van der Waals surface area (Å²) in [6.45, 7) is 3.73. The quantitative estimate of drug-likeness (QED) is 0.621. The second-order valence-corrected chi connectivity index (χ2v) is 6.71. The minimum atomic E-state index is -0.815. The molecule has 126 valence electrons. The van der Waals surface area contributed by atoms with E-state index in [0.717, 1.165) is 19.3 Å². The fraction of sp³-hybridized carbons (Fsp3) is 0.529. The van der Waals surface area contributed by atoms with Crippen LogP contribution in [0.1, 0.15) is 45.3 Å². The van der Waals surface area contributed by atoms with E-state index in [-0.39, 0.29) is 11.9 Å². The summed E-state index contributed by atoms with van der Waals surface area (Å²) < 4.78 is 11.0. The van der Waals surface area contributed by atoms with Crippen LogP contribution in [-0.4, -0.2) is 24.0 Å². The van der Waals surface area contributed by atoms with Crippen molar-refractivity contribution in [1.29, 1.82) is 0 Å². The molecule has 1 aliphatic rings. The van der Waals surface area contributed by atoms with Crippen LogP contribution in [0.15, 0.2) is 27.3 Å². The summed E-state index contributed by atoms with van der Waals surface area (Å²) in [5.41, 5.74) is 0. The predicted molar refractivity (Wildman–Crippen MR) is 90.6 cm³/mol. The SMILES string of the molecule is C[C@@H](OC(=O)/C=C/c1ccc(Br)o1)C(=O)N[C@H]1CCCC[C@@H]1C. The molecule has 1 N–H and O–H groups in total. The minimum absolute atomic E-state index is 0.174. The predicted octanol–water partition coefficient (Wildman–Crippen LogP) is 3.68. The van der Waals surface area contributed by atoms with E-state index < -0.39 is 12.1 Å². The first-order valence-corrected chi connectivity index (χ1v) is 8.69. The molecule has 3 atom stereocenters. The van der Waals surface area contributed by atoms with Crippen molar-refractivity contribution in [2.24, 2.45) is 5.92 Å². The third kappa shape index (κ3) is 5.53. The van der Waals surface area contributed by atoms with Crippen LogP contribution in [-0.2, 0) is 14.3 Å². The number of amides is 1. The number of carbonyl (C=O) groups is 2. The van der Waals surface area contributed by atoms with Crippen LogP contribution in [0.3, 0.4) is 0 Å². The average molecular weight is 384 g/mol. The highest BCUT2D eigenvalue weighted by Gasteiger charge is 2.25. The molecule has 5 nitrogen and oxygen atoms in total. The van der Waals surface area contributed by atoms with Gasteiger partial charge in [0.2, 0.25) is 0 Å². The van der Waals surface area contributed by atoms with Crippen molar-refractivity contribution in [2.75, 3.05) is 0 Å². The number of furan rings is 1. The molecule has 6 heteroatoms. The summed E-state index contributed by atoms with van der Waals surface area (Å²) in [4.78, 5) is 23.9. The fourth-order valence-corrected chi connectivity index (χ4v) is 2.98. The van der Waals surface area contributed by atoms with Crippen LogP contribution >= 0.6 is 15.9 Å². The Labute approximate surface area is 144 Å². The van der Waals surface area contributed by atoms with Crippen LogP contribution in [0, 0.1) is 5.92 Å². The number of halogens is 1. The van der Waals surface area contributed by atoms with Gasteiger partial charge >= 0.3 is 5.97 Å². The summed E-state index contributed by atoms with van der Waals surface area (Å²) in [6.07, 6.45) is 6.39. The van der Waals surface area contributed by atoms with Crippen molar-refractivity contribution >= 4 is 33.9 Å². The molecule has 0 unspecified atom stereocenters. The molecule has 0 spiro atoms. The van der Waals surface area contributed by atoms with Crippen molar-refractivity contribution in [3.8, 4) is 0 Å². The van der Waals surface area contributed by atoms with E-state index in [1.807, 2.05) is 0 Å². The number of esters is 1. The van der Waals surface area contributed by atoms with Gasteiger partial charge in [0, 0.05) is 12.1 Å². The van der Waals surface area contributed by atoms with E-state index in [4.69, 9.17) is 9.15 Å². The lowest BCUT2D eigenvalue weighted by Gasteiger charge is -2.30. The Balaban J connectivity index is 1.80. The Morgan fingerprint density at radius 3 is 2.78 bits per heavy atom. The highest BCUT2D eigenvalue weighted by molar-refractivity contribution is 9.10. The molecule has 0 saturated heterocycles. The third-order valence-electron chi connectivity index (χ3n) is 4.08. The van der Waals surface area contributed by atoms with Crippen molar-refractivity contribution in [3.05, 3.63) is 28.6 Å². The summed E-state index contributed by atoms with van der Waals surface area (Å²) in [5.74, 6) is 0.179. The monoisotopic (exact) mass is 383 g/mol.